The Hall–Kier alpha value is -3.45. The fourth-order valence-electron chi connectivity index (χ4n) is 2.92. The lowest BCUT2D eigenvalue weighted by Crippen LogP contribution is -1.97. The van der Waals surface area contributed by atoms with E-state index in [1.54, 1.807) is 38.6 Å². The van der Waals surface area contributed by atoms with Gasteiger partial charge in [-0.2, -0.15) is 0 Å². The van der Waals surface area contributed by atoms with E-state index in [0.29, 0.717) is 15.9 Å². The summed E-state index contributed by atoms with van der Waals surface area (Å²) < 4.78 is 23.5. The van der Waals surface area contributed by atoms with E-state index in [2.05, 4.69) is 15.0 Å². The monoisotopic (exact) mass is 405 g/mol. The SMILES string of the molecule is COc1ccc(-c2nc(S(=O)c3ccccn3)[nH]c2-c2ccc(OC)cc2)cc1. The quantitative estimate of drug-likeness (QED) is 0.517. The van der Waals surface area contributed by atoms with Gasteiger partial charge in [0.2, 0.25) is 5.16 Å². The molecule has 6 nitrogen and oxygen atoms in total. The van der Waals surface area contributed by atoms with Crippen LogP contribution in [0.15, 0.2) is 83.1 Å². The molecule has 0 spiro atoms. The van der Waals surface area contributed by atoms with Crippen LogP contribution in [0.2, 0.25) is 0 Å². The summed E-state index contributed by atoms with van der Waals surface area (Å²) in [7, 11) is 1.73. The molecule has 1 N–H and O–H groups in total. The molecule has 4 rings (SSSR count). The minimum atomic E-state index is -1.52. The Morgan fingerprint density at radius 1 is 0.828 bits per heavy atom. The number of H-pyrrole nitrogens is 1. The average Bonchev–Trinajstić information content (AvgIpc) is 3.24. The maximum absolute atomic E-state index is 13.0. The van der Waals surface area contributed by atoms with E-state index in [-0.39, 0.29) is 0 Å². The van der Waals surface area contributed by atoms with Crippen LogP contribution in [0, 0.1) is 0 Å². The molecule has 7 heteroatoms. The third-order valence-corrected chi connectivity index (χ3v) is 5.59. The highest BCUT2D eigenvalue weighted by Crippen LogP contribution is 2.33. The molecule has 0 saturated heterocycles. The lowest BCUT2D eigenvalue weighted by Gasteiger charge is -2.06. The molecule has 29 heavy (non-hydrogen) atoms. The second-order valence-corrected chi connectivity index (χ2v) is 7.50. The van der Waals surface area contributed by atoms with E-state index in [4.69, 9.17) is 9.47 Å². The van der Waals surface area contributed by atoms with E-state index < -0.39 is 10.8 Å². The minimum Gasteiger partial charge on any atom is -0.497 e. The van der Waals surface area contributed by atoms with Gasteiger partial charge in [-0.1, -0.05) is 6.07 Å². The summed E-state index contributed by atoms with van der Waals surface area (Å²) in [5.41, 5.74) is 3.28. The number of rotatable bonds is 6. The van der Waals surface area contributed by atoms with Crippen LogP contribution in [-0.4, -0.2) is 33.4 Å². The molecule has 0 fully saturated rings. The Morgan fingerprint density at radius 3 is 2.00 bits per heavy atom. The third-order valence-electron chi connectivity index (χ3n) is 4.43. The number of hydrogen-bond acceptors (Lipinski definition) is 5. The van der Waals surface area contributed by atoms with E-state index >= 15 is 0 Å². The van der Waals surface area contributed by atoms with Crippen LogP contribution >= 0.6 is 0 Å². The largest absolute Gasteiger partial charge is 0.497 e. The maximum atomic E-state index is 13.0. The van der Waals surface area contributed by atoms with E-state index in [1.165, 1.54) is 0 Å². The lowest BCUT2D eigenvalue weighted by molar-refractivity contribution is 0.414. The number of hydrogen-bond donors (Lipinski definition) is 1. The number of aromatic amines is 1. The molecule has 0 aliphatic carbocycles. The zero-order chi connectivity index (χ0) is 20.2. The summed E-state index contributed by atoms with van der Waals surface area (Å²) in [6.07, 6.45) is 1.62. The first kappa shape index (κ1) is 18.9. The molecule has 1 atom stereocenters. The van der Waals surface area contributed by atoms with Crippen LogP contribution in [0.3, 0.4) is 0 Å². The first-order valence-electron chi connectivity index (χ1n) is 8.91. The maximum Gasteiger partial charge on any atom is 0.204 e. The fraction of sp³-hybridized carbons (Fsp3) is 0.0909. The van der Waals surface area contributed by atoms with Crippen LogP contribution < -0.4 is 9.47 Å². The molecule has 2 heterocycles. The Balaban J connectivity index is 1.82. The third kappa shape index (κ3) is 3.90. The number of nitrogens with one attached hydrogen (secondary N) is 1. The van der Waals surface area contributed by atoms with Gasteiger partial charge in [-0.05, 0) is 60.7 Å². The van der Waals surface area contributed by atoms with Crippen molar-refractivity contribution < 1.29 is 13.7 Å². The smallest absolute Gasteiger partial charge is 0.204 e. The number of benzene rings is 2. The van der Waals surface area contributed by atoms with Crippen molar-refractivity contribution in [2.24, 2.45) is 0 Å². The molecule has 4 aromatic rings. The van der Waals surface area contributed by atoms with Gasteiger partial charge in [0.1, 0.15) is 27.3 Å². The summed E-state index contributed by atoms with van der Waals surface area (Å²) in [5.74, 6) is 1.52. The highest BCUT2D eigenvalue weighted by Gasteiger charge is 2.19. The Morgan fingerprint density at radius 2 is 1.45 bits per heavy atom. The van der Waals surface area contributed by atoms with Gasteiger partial charge in [0.25, 0.3) is 0 Å². The molecule has 0 bridgehead atoms. The van der Waals surface area contributed by atoms with Gasteiger partial charge in [0.15, 0.2) is 0 Å². The highest BCUT2D eigenvalue weighted by molar-refractivity contribution is 7.84. The zero-order valence-corrected chi connectivity index (χ0v) is 16.8. The van der Waals surface area contributed by atoms with Crippen molar-refractivity contribution in [1.82, 2.24) is 15.0 Å². The van der Waals surface area contributed by atoms with Crippen LogP contribution in [0.25, 0.3) is 22.5 Å². The number of aromatic nitrogens is 3. The van der Waals surface area contributed by atoms with Gasteiger partial charge in [0.05, 0.1) is 25.6 Å². The fourth-order valence-corrected chi connectivity index (χ4v) is 3.85. The van der Waals surface area contributed by atoms with Crippen molar-refractivity contribution >= 4 is 10.8 Å². The average molecular weight is 405 g/mol. The highest BCUT2D eigenvalue weighted by atomic mass is 32.2. The van der Waals surface area contributed by atoms with Crippen molar-refractivity contribution in [1.29, 1.82) is 0 Å². The zero-order valence-electron chi connectivity index (χ0n) is 16.0. The Kier molecular flexibility index (Phi) is 5.39. The van der Waals surface area contributed by atoms with Crippen molar-refractivity contribution in [3.05, 3.63) is 72.9 Å². The second-order valence-electron chi connectivity index (χ2n) is 6.16. The van der Waals surface area contributed by atoms with Crippen LogP contribution in [0.5, 0.6) is 11.5 Å². The molecule has 0 aliphatic rings. The Bertz CT molecular complexity index is 1060. The summed E-state index contributed by atoms with van der Waals surface area (Å²) in [4.78, 5) is 12.1. The van der Waals surface area contributed by atoms with Gasteiger partial charge in [0, 0.05) is 17.3 Å². The second kappa shape index (κ2) is 8.28. The van der Waals surface area contributed by atoms with Crippen molar-refractivity contribution in [2.75, 3.05) is 14.2 Å². The van der Waals surface area contributed by atoms with Crippen molar-refractivity contribution in [2.45, 2.75) is 10.2 Å². The van der Waals surface area contributed by atoms with Crippen LogP contribution in [0.1, 0.15) is 0 Å². The molecule has 0 saturated carbocycles. The predicted octanol–water partition coefficient (Wildman–Crippen LogP) is 4.32. The van der Waals surface area contributed by atoms with E-state index in [1.807, 2.05) is 48.5 Å². The molecule has 0 radical (unpaired) electrons. The number of ether oxygens (including phenoxy) is 2. The number of pyridine rings is 1. The summed E-state index contributed by atoms with van der Waals surface area (Å²) in [6.45, 7) is 0. The first-order valence-corrected chi connectivity index (χ1v) is 10.1. The molecule has 0 aliphatic heterocycles. The minimum absolute atomic E-state index is 0.348. The molecule has 2 aromatic heterocycles. The van der Waals surface area contributed by atoms with Crippen molar-refractivity contribution in [3.63, 3.8) is 0 Å². The van der Waals surface area contributed by atoms with Crippen LogP contribution in [0.4, 0.5) is 0 Å². The summed E-state index contributed by atoms with van der Waals surface area (Å²) >= 11 is 0. The topological polar surface area (TPSA) is 77.1 Å². The normalized spacial score (nSPS) is 11.8. The van der Waals surface area contributed by atoms with Crippen LogP contribution in [-0.2, 0) is 10.8 Å². The molecule has 2 aromatic carbocycles. The van der Waals surface area contributed by atoms with Gasteiger partial charge in [-0.25, -0.2) is 14.2 Å². The van der Waals surface area contributed by atoms with Gasteiger partial charge >= 0.3 is 0 Å². The number of methoxy groups -OCH3 is 2. The number of imidazole rings is 1. The first-order chi connectivity index (χ1) is 14.2. The lowest BCUT2D eigenvalue weighted by atomic mass is 10.0. The van der Waals surface area contributed by atoms with E-state index in [0.717, 1.165) is 28.3 Å². The van der Waals surface area contributed by atoms with Gasteiger partial charge in [-0.3, -0.25) is 0 Å². The summed E-state index contributed by atoms with van der Waals surface area (Å²) in [6, 6.07) is 20.5. The Labute approximate surface area is 171 Å². The summed E-state index contributed by atoms with van der Waals surface area (Å²) in [5, 5.41) is 0.796. The molecule has 0 amide bonds. The van der Waals surface area contributed by atoms with Gasteiger partial charge < -0.3 is 14.5 Å². The molecule has 1 unspecified atom stereocenters. The van der Waals surface area contributed by atoms with E-state index in [9.17, 15) is 4.21 Å². The molecular formula is C22H19N3O3S. The molecule has 146 valence electrons. The van der Waals surface area contributed by atoms with Crippen molar-refractivity contribution in [3.8, 4) is 34.0 Å². The molecular weight excluding hydrogens is 386 g/mol. The standard InChI is InChI=1S/C22H19N3O3S/c1-27-17-10-6-15(7-11-17)20-21(16-8-12-18(28-2)13-9-16)25-22(24-20)29(26)19-5-3-4-14-23-19/h3-14H,1-2H3,(H,24,25). The number of nitrogens with zero attached hydrogens (tertiary/aromatic N) is 2. The predicted molar refractivity (Wildman–Crippen MR) is 111 cm³/mol. The van der Waals surface area contributed by atoms with Gasteiger partial charge in [-0.15, -0.1) is 0 Å².